The van der Waals surface area contributed by atoms with Crippen LogP contribution in [0.4, 0.5) is 0 Å². The molecule has 1 heterocycles. The molecule has 0 fully saturated rings. The lowest BCUT2D eigenvalue weighted by molar-refractivity contribution is 0.168. The van der Waals surface area contributed by atoms with Crippen LogP contribution in [0.25, 0.3) is 6.08 Å². The predicted molar refractivity (Wildman–Crippen MR) is 139 cm³/mol. The quantitative estimate of drug-likeness (QED) is 0.426. The highest BCUT2D eigenvalue weighted by Crippen LogP contribution is 2.38. The minimum absolute atomic E-state index is 0.0281. The summed E-state index contributed by atoms with van der Waals surface area (Å²) in [7, 11) is -0.552. The van der Waals surface area contributed by atoms with Crippen molar-refractivity contribution in [1.82, 2.24) is 9.78 Å². The number of hydrogen-bond acceptors (Lipinski definition) is 2. The minimum Gasteiger partial charge on any atom is -0.407 e. The van der Waals surface area contributed by atoms with E-state index in [0.29, 0.717) is 6.61 Å². The van der Waals surface area contributed by atoms with Gasteiger partial charge >= 0.3 is 0 Å². The molecule has 0 aliphatic heterocycles. The van der Waals surface area contributed by atoms with Crippen LogP contribution in [0.1, 0.15) is 51.6 Å². The van der Waals surface area contributed by atoms with Gasteiger partial charge in [0.05, 0.1) is 5.69 Å². The fourth-order valence-electron chi connectivity index (χ4n) is 4.66. The lowest BCUT2D eigenvalue weighted by atomic mass is 9.87. The smallest absolute Gasteiger partial charge is 0.261 e. The molecule has 0 N–H and O–H groups in total. The molecule has 0 radical (unpaired) electrons. The van der Waals surface area contributed by atoms with Crippen molar-refractivity contribution in [3.8, 4) is 0 Å². The van der Waals surface area contributed by atoms with Gasteiger partial charge in [-0.05, 0) is 34.2 Å². The molecular formula is C28H38N2OSi. The first-order valence-corrected chi connectivity index (χ1v) is 13.3. The van der Waals surface area contributed by atoms with E-state index in [1.807, 2.05) is 17.8 Å². The Kier molecular flexibility index (Phi) is 6.96. The first kappa shape index (κ1) is 24.2. The first-order chi connectivity index (χ1) is 15.0. The van der Waals surface area contributed by atoms with Crippen molar-refractivity contribution < 1.29 is 4.43 Å². The Morgan fingerprint density at radius 3 is 1.88 bits per heavy atom. The largest absolute Gasteiger partial charge is 0.407 e. The SMILES string of the molecule is C=Cc1c(CC(C)(C)CO[Si](c2ccccc2)(c2ccccc2)C(C)(C)C)nn(C)c1C. The van der Waals surface area contributed by atoms with E-state index < -0.39 is 8.32 Å². The molecule has 0 aliphatic rings. The van der Waals surface area contributed by atoms with Crippen molar-refractivity contribution in [3.05, 3.63) is 84.2 Å². The van der Waals surface area contributed by atoms with Crippen LogP contribution < -0.4 is 10.4 Å². The summed E-state index contributed by atoms with van der Waals surface area (Å²) in [6, 6.07) is 21.7. The van der Waals surface area contributed by atoms with E-state index in [-0.39, 0.29) is 10.5 Å². The fraction of sp³-hybridized carbons (Fsp3) is 0.393. The summed E-state index contributed by atoms with van der Waals surface area (Å²) in [4.78, 5) is 0. The Hall–Kier alpha value is -2.43. The average Bonchev–Trinajstić information content (AvgIpc) is 3.00. The van der Waals surface area contributed by atoms with Crippen molar-refractivity contribution in [2.75, 3.05) is 6.61 Å². The molecule has 0 unspecified atom stereocenters. The zero-order valence-corrected chi connectivity index (χ0v) is 21.8. The summed E-state index contributed by atoms with van der Waals surface area (Å²) in [6.07, 6.45) is 2.77. The topological polar surface area (TPSA) is 27.1 Å². The van der Waals surface area contributed by atoms with E-state index in [1.54, 1.807) is 0 Å². The third kappa shape index (κ3) is 4.67. The molecule has 3 rings (SSSR count). The molecule has 4 heteroatoms. The Labute approximate surface area is 195 Å². The monoisotopic (exact) mass is 446 g/mol. The van der Waals surface area contributed by atoms with E-state index in [0.717, 1.165) is 23.4 Å². The lowest BCUT2D eigenvalue weighted by Gasteiger charge is -2.44. The van der Waals surface area contributed by atoms with E-state index in [1.165, 1.54) is 10.4 Å². The molecular weight excluding hydrogens is 408 g/mol. The van der Waals surface area contributed by atoms with Gasteiger partial charge in [-0.25, -0.2) is 0 Å². The standard InChI is InChI=1S/C28H38N2OSi/c1-9-25-22(2)30(8)29-26(25)20-28(6,7)21-31-32(27(3,4)5,23-16-12-10-13-17-23)24-18-14-11-15-19-24/h9-19H,1,20-21H2,2-8H3. The highest BCUT2D eigenvalue weighted by atomic mass is 28.4. The summed E-state index contributed by atoms with van der Waals surface area (Å²) in [6.45, 7) is 18.3. The second-order valence-electron chi connectivity index (χ2n) is 10.6. The predicted octanol–water partition coefficient (Wildman–Crippen LogP) is 5.52. The Balaban J connectivity index is 2.01. The summed E-state index contributed by atoms with van der Waals surface area (Å²) < 4.78 is 9.14. The summed E-state index contributed by atoms with van der Waals surface area (Å²) in [5.74, 6) is 0. The molecule has 3 nitrogen and oxygen atoms in total. The van der Waals surface area contributed by atoms with Gasteiger partial charge in [-0.15, -0.1) is 0 Å². The number of nitrogens with zero attached hydrogens (tertiary/aromatic N) is 2. The van der Waals surface area contributed by atoms with Crippen molar-refractivity contribution in [2.45, 2.75) is 53.0 Å². The molecule has 0 saturated carbocycles. The van der Waals surface area contributed by atoms with Crippen LogP contribution >= 0.6 is 0 Å². The molecule has 0 spiro atoms. The van der Waals surface area contributed by atoms with Crippen LogP contribution in [-0.4, -0.2) is 24.7 Å². The number of benzene rings is 2. The van der Waals surface area contributed by atoms with Crippen LogP contribution in [0.15, 0.2) is 67.2 Å². The molecule has 0 bridgehead atoms. The third-order valence-corrected chi connectivity index (χ3v) is 11.4. The Morgan fingerprint density at radius 1 is 0.938 bits per heavy atom. The number of rotatable bonds is 8. The van der Waals surface area contributed by atoms with Crippen LogP contribution in [0.5, 0.6) is 0 Å². The number of aryl methyl sites for hydroxylation is 1. The maximum atomic E-state index is 7.19. The Morgan fingerprint density at radius 2 is 1.44 bits per heavy atom. The van der Waals surface area contributed by atoms with Crippen molar-refractivity contribution in [1.29, 1.82) is 0 Å². The minimum atomic E-state index is -2.55. The van der Waals surface area contributed by atoms with Crippen LogP contribution in [0.3, 0.4) is 0 Å². The normalized spacial score (nSPS) is 12.7. The van der Waals surface area contributed by atoms with Gasteiger partial charge in [-0.3, -0.25) is 4.68 Å². The van der Waals surface area contributed by atoms with Gasteiger partial charge in [-0.2, -0.15) is 5.10 Å². The molecule has 0 amide bonds. The van der Waals surface area contributed by atoms with Gasteiger partial charge in [0.1, 0.15) is 0 Å². The lowest BCUT2D eigenvalue weighted by Crippen LogP contribution is -2.67. The van der Waals surface area contributed by atoms with Gasteiger partial charge in [-0.1, -0.05) is 108 Å². The molecule has 32 heavy (non-hydrogen) atoms. The van der Waals surface area contributed by atoms with Gasteiger partial charge in [0.2, 0.25) is 0 Å². The van der Waals surface area contributed by atoms with Gasteiger partial charge in [0, 0.05) is 24.9 Å². The maximum absolute atomic E-state index is 7.19. The zero-order chi connectivity index (χ0) is 23.6. The highest BCUT2D eigenvalue weighted by molar-refractivity contribution is 6.99. The molecule has 3 aromatic rings. The van der Waals surface area contributed by atoms with Crippen molar-refractivity contribution >= 4 is 24.8 Å². The first-order valence-electron chi connectivity index (χ1n) is 11.4. The van der Waals surface area contributed by atoms with E-state index in [4.69, 9.17) is 9.52 Å². The van der Waals surface area contributed by atoms with E-state index >= 15 is 0 Å². The second-order valence-corrected chi connectivity index (χ2v) is 14.9. The second kappa shape index (κ2) is 9.20. The third-order valence-electron chi connectivity index (χ3n) is 6.40. The van der Waals surface area contributed by atoms with Crippen LogP contribution in [0, 0.1) is 12.3 Å². The summed E-state index contributed by atoms with van der Waals surface area (Å²) >= 11 is 0. The van der Waals surface area contributed by atoms with Gasteiger partial charge in [0.25, 0.3) is 8.32 Å². The molecule has 0 atom stereocenters. The van der Waals surface area contributed by atoms with E-state index in [2.05, 4.69) is 109 Å². The van der Waals surface area contributed by atoms with Gasteiger partial charge < -0.3 is 4.43 Å². The molecule has 2 aromatic carbocycles. The fourth-order valence-corrected chi connectivity index (χ4v) is 9.42. The van der Waals surface area contributed by atoms with Crippen molar-refractivity contribution in [2.24, 2.45) is 12.5 Å². The summed E-state index contributed by atoms with van der Waals surface area (Å²) in [5.41, 5.74) is 3.31. The molecule has 0 aliphatic carbocycles. The van der Waals surface area contributed by atoms with Crippen molar-refractivity contribution in [3.63, 3.8) is 0 Å². The molecule has 170 valence electrons. The highest BCUT2D eigenvalue weighted by Gasteiger charge is 2.50. The number of aromatic nitrogens is 2. The van der Waals surface area contributed by atoms with Crippen LogP contribution in [-0.2, 0) is 17.9 Å². The summed E-state index contributed by atoms with van der Waals surface area (Å²) in [5, 5.41) is 7.38. The van der Waals surface area contributed by atoms with Crippen LogP contribution in [0.2, 0.25) is 5.04 Å². The zero-order valence-electron chi connectivity index (χ0n) is 20.8. The maximum Gasteiger partial charge on any atom is 0.261 e. The van der Waals surface area contributed by atoms with Gasteiger partial charge in [0.15, 0.2) is 0 Å². The molecule has 1 aromatic heterocycles. The number of hydrogen-bond donors (Lipinski definition) is 0. The molecule has 0 saturated heterocycles. The Bertz CT molecular complexity index is 1010. The average molecular weight is 447 g/mol. The van der Waals surface area contributed by atoms with E-state index in [9.17, 15) is 0 Å².